The van der Waals surface area contributed by atoms with Crippen LogP contribution < -0.4 is 5.32 Å². The first-order valence-corrected chi connectivity index (χ1v) is 8.81. The number of rotatable bonds is 3. The van der Waals surface area contributed by atoms with Crippen LogP contribution in [0.25, 0.3) is 0 Å². The van der Waals surface area contributed by atoms with E-state index in [4.69, 9.17) is 0 Å². The molecule has 0 bridgehead atoms. The minimum Gasteiger partial charge on any atom is -0.329 e. The molecule has 0 aliphatic carbocycles. The van der Waals surface area contributed by atoms with Gasteiger partial charge in [0.2, 0.25) is 5.91 Å². The van der Waals surface area contributed by atoms with Crippen molar-refractivity contribution in [2.45, 2.75) is 44.8 Å². The van der Waals surface area contributed by atoms with E-state index in [1.165, 1.54) is 12.1 Å². The zero-order valence-corrected chi connectivity index (χ0v) is 15.5. The Kier molecular flexibility index (Phi) is 5.58. The monoisotopic (exact) mass is 379 g/mol. The van der Waals surface area contributed by atoms with Gasteiger partial charge in [-0.3, -0.25) is 4.79 Å². The summed E-state index contributed by atoms with van der Waals surface area (Å²) >= 11 is 0. The van der Waals surface area contributed by atoms with Gasteiger partial charge < -0.3 is 14.8 Å². The molecule has 0 unspecified atom stereocenters. The molecule has 6 nitrogen and oxygen atoms in total. The van der Waals surface area contributed by atoms with Crippen molar-refractivity contribution in [3.63, 3.8) is 0 Å². The Bertz CT molecular complexity index is 790. The second-order valence-electron chi connectivity index (χ2n) is 6.87. The Morgan fingerprint density at radius 1 is 1.27 bits per heavy atom. The van der Waals surface area contributed by atoms with E-state index in [1.807, 2.05) is 17.6 Å². The van der Waals surface area contributed by atoms with Crippen LogP contribution in [0.1, 0.15) is 48.9 Å². The minimum absolute atomic E-state index is 0. The van der Waals surface area contributed by atoms with Crippen LogP contribution in [0.2, 0.25) is 0 Å². The van der Waals surface area contributed by atoms with Crippen molar-refractivity contribution >= 4 is 18.3 Å². The number of fused-ring (bicyclic) bond motifs is 1. The second kappa shape index (κ2) is 7.72. The molecule has 0 saturated carbocycles. The molecular weight excluding hydrogens is 357 g/mol. The van der Waals surface area contributed by atoms with E-state index in [9.17, 15) is 9.18 Å². The van der Waals surface area contributed by atoms with E-state index < -0.39 is 0 Å². The average Bonchev–Trinajstić information content (AvgIpc) is 3.04. The second-order valence-corrected chi connectivity index (χ2v) is 6.87. The molecule has 1 saturated heterocycles. The van der Waals surface area contributed by atoms with Crippen molar-refractivity contribution in [2.75, 3.05) is 13.1 Å². The molecule has 1 aromatic heterocycles. The molecule has 1 amide bonds. The van der Waals surface area contributed by atoms with E-state index in [1.54, 1.807) is 11.0 Å². The number of hydrogen-bond acceptors (Lipinski definition) is 4. The lowest BCUT2D eigenvalue weighted by Crippen LogP contribution is -2.42. The summed E-state index contributed by atoms with van der Waals surface area (Å²) in [5.74, 6) is 1.85. The molecule has 0 spiro atoms. The number of amides is 1. The highest BCUT2D eigenvalue weighted by atomic mass is 35.5. The first-order valence-electron chi connectivity index (χ1n) is 8.81. The zero-order chi connectivity index (χ0) is 17.4. The lowest BCUT2D eigenvalue weighted by molar-refractivity contribution is -0.137. The summed E-state index contributed by atoms with van der Waals surface area (Å²) in [7, 11) is 0. The van der Waals surface area contributed by atoms with Gasteiger partial charge in [0.25, 0.3) is 0 Å². The van der Waals surface area contributed by atoms with Crippen molar-refractivity contribution in [1.82, 2.24) is 25.0 Å². The van der Waals surface area contributed by atoms with Crippen LogP contribution in [0.15, 0.2) is 24.3 Å². The Morgan fingerprint density at radius 3 is 2.77 bits per heavy atom. The zero-order valence-electron chi connectivity index (χ0n) is 14.7. The van der Waals surface area contributed by atoms with E-state index in [0.29, 0.717) is 19.0 Å². The topological polar surface area (TPSA) is 63.1 Å². The SMILES string of the molecule is C[C@H]1C(=O)N(Cc2cccc(F)c2)Cc2nnc(C3CCNCC3)n21.Cl. The van der Waals surface area contributed by atoms with Crippen molar-refractivity contribution in [1.29, 1.82) is 0 Å². The molecular formula is C18H23ClFN5O. The fourth-order valence-electron chi connectivity index (χ4n) is 3.84. The minimum atomic E-state index is -0.322. The highest BCUT2D eigenvalue weighted by Gasteiger charge is 2.35. The molecule has 140 valence electrons. The van der Waals surface area contributed by atoms with Crippen LogP contribution in [0.5, 0.6) is 0 Å². The van der Waals surface area contributed by atoms with Gasteiger partial charge in [-0.15, -0.1) is 22.6 Å². The van der Waals surface area contributed by atoms with Gasteiger partial charge in [-0.1, -0.05) is 12.1 Å². The van der Waals surface area contributed by atoms with Gasteiger partial charge in [0.05, 0.1) is 6.54 Å². The molecule has 26 heavy (non-hydrogen) atoms. The maximum absolute atomic E-state index is 13.4. The smallest absolute Gasteiger partial charge is 0.246 e. The molecule has 1 N–H and O–H groups in total. The Hall–Kier alpha value is -1.99. The van der Waals surface area contributed by atoms with E-state index >= 15 is 0 Å². The third-order valence-electron chi connectivity index (χ3n) is 5.15. The van der Waals surface area contributed by atoms with Crippen molar-refractivity contribution < 1.29 is 9.18 Å². The maximum Gasteiger partial charge on any atom is 0.246 e. The number of aromatic nitrogens is 3. The number of carbonyl (C=O) groups excluding carboxylic acids is 1. The van der Waals surface area contributed by atoms with Crippen molar-refractivity contribution in [3.05, 3.63) is 47.3 Å². The number of piperidine rings is 1. The predicted molar refractivity (Wildman–Crippen MR) is 97.5 cm³/mol. The van der Waals surface area contributed by atoms with Gasteiger partial charge in [0, 0.05) is 12.5 Å². The molecule has 2 aliphatic rings. The molecule has 1 atom stereocenters. The number of carbonyl (C=O) groups is 1. The molecule has 2 aromatic rings. The van der Waals surface area contributed by atoms with Crippen LogP contribution in [0.3, 0.4) is 0 Å². The molecule has 8 heteroatoms. The van der Waals surface area contributed by atoms with Gasteiger partial charge in [-0.05, 0) is 50.6 Å². The van der Waals surface area contributed by atoms with Crippen LogP contribution in [0, 0.1) is 5.82 Å². The Balaban J connectivity index is 0.00000196. The molecule has 1 fully saturated rings. The summed E-state index contributed by atoms with van der Waals surface area (Å²) in [5.41, 5.74) is 0.784. The predicted octanol–water partition coefficient (Wildman–Crippen LogP) is 2.41. The normalized spacial score (nSPS) is 20.6. The maximum atomic E-state index is 13.4. The number of benzene rings is 1. The van der Waals surface area contributed by atoms with Gasteiger partial charge in [-0.2, -0.15) is 0 Å². The number of halogens is 2. The van der Waals surface area contributed by atoms with Crippen LogP contribution >= 0.6 is 12.4 Å². The fraction of sp³-hybridized carbons (Fsp3) is 0.500. The highest BCUT2D eigenvalue weighted by Crippen LogP contribution is 2.31. The first-order chi connectivity index (χ1) is 12.1. The van der Waals surface area contributed by atoms with Crippen molar-refractivity contribution in [2.24, 2.45) is 0 Å². The van der Waals surface area contributed by atoms with E-state index in [-0.39, 0.29) is 30.2 Å². The summed E-state index contributed by atoms with van der Waals surface area (Å²) in [6.45, 7) is 4.65. The first kappa shape index (κ1) is 18.8. The van der Waals surface area contributed by atoms with E-state index in [2.05, 4.69) is 15.5 Å². The molecule has 3 heterocycles. The van der Waals surface area contributed by atoms with Gasteiger partial charge in [0.15, 0.2) is 5.82 Å². The lowest BCUT2D eigenvalue weighted by Gasteiger charge is -2.33. The molecule has 0 radical (unpaired) electrons. The highest BCUT2D eigenvalue weighted by molar-refractivity contribution is 5.85. The summed E-state index contributed by atoms with van der Waals surface area (Å²) in [6.07, 6.45) is 2.04. The average molecular weight is 380 g/mol. The number of hydrogen-bond donors (Lipinski definition) is 1. The largest absolute Gasteiger partial charge is 0.329 e. The molecule has 2 aliphatic heterocycles. The summed E-state index contributed by atoms with van der Waals surface area (Å²) in [5, 5.41) is 12.1. The summed E-state index contributed by atoms with van der Waals surface area (Å²) in [4.78, 5) is 14.6. The quantitative estimate of drug-likeness (QED) is 0.889. The third-order valence-corrected chi connectivity index (χ3v) is 5.15. The molecule has 1 aromatic carbocycles. The summed E-state index contributed by atoms with van der Waals surface area (Å²) < 4.78 is 15.4. The lowest BCUT2D eigenvalue weighted by atomic mass is 9.96. The Morgan fingerprint density at radius 2 is 2.04 bits per heavy atom. The fourth-order valence-corrected chi connectivity index (χ4v) is 3.84. The van der Waals surface area contributed by atoms with Crippen LogP contribution in [-0.4, -0.2) is 38.7 Å². The van der Waals surface area contributed by atoms with Crippen molar-refractivity contribution in [3.8, 4) is 0 Å². The van der Waals surface area contributed by atoms with Crippen LogP contribution in [0.4, 0.5) is 4.39 Å². The van der Waals surface area contributed by atoms with Gasteiger partial charge >= 0.3 is 0 Å². The molecule has 4 rings (SSSR count). The number of nitrogens with one attached hydrogen (secondary N) is 1. The van der Waals surface area contributed by atoms with E-state index in [0.717, 1.165) is 43.1 Å². The standard InChI is InChI=1S/C18H22FN5O.ClH/c1-12-18(25)23(10-13-3-2-4-15(19)9-13)11-16-21-22-17(24(12)16)14-5-7-20-8-6-14;/h2-4,9,12,14,20H,5-8,10-11H2,1H3;1H/t12-;/m0./s1. The third kappa shape index (κ3) is 3.46. The van der Waals surface area contributed by atoms with Gasteiger partial charge in [-0.25, -0.2) is 4.39 Å². The Labute approximate surface area is 158 Å². The van der Waals surface area contributed by atoms with Crippen LogP contribution in [-0.2, 0) is 17.9 Å². The number of nitrogens with zero attached hydrogens (tertiary/aromatic N) is 4. The van der Waals surface area contributed by atoms with Gasteiger partial charge in [0.1, 0.15) is 17.7 Å². The summed E-state index contributed by atoms with van der Waals surface area (Å²) in [6, 6.07) is 6.06.